The first-order valence-corrected chi connectivity index (χ1v) is 9.24. The van der Waals surface area contributed by atoms with Crippen molar-refractivity contribution in [1.82, 2.24) is 15.0 Å². The molecule has 1 aliphatic rings. The minimum absolute atomic E-state index is 0.591. The van der Waals surface area contributed by atoms with Gasteiger partial charge in [-0.25, -0.2) is 15.0 Å². The van der Waals surface area contributed by atoms with E-state index >= 15 is 0 Å². The molecule has 0 radical (unpaired) electrons. The van der Waals surface area contributed by atoms with E-state index in [1.807, 2.05) is 19.2 Å². The molecule has 1 saturated carbocycles. The molecule has 4 nitrogen and oxygen atoms in total. The van der Waals surface area contributed by atoms with Crippen LogP contribution in [0.4, 0.5) is 5.82 Å². The molecule has 24 heavy (non-hydrogen) atoms. The highest BCUT2D eigenvalue weighted by molar-refractivity contribution is 7.09. The normalized spacial score (nSPS) is 13.9. The molecule has 3 aromatic rings. The van der Waals surface area contributed by atoms with Crippen LogP contribution < -0.4 is 5.32 Å². The number of nitrogens with one attached hydrogen (secondary N) is 1. The summed E-state index contributed by atoms with van der Waals surface area (Å²) < 4.78 is 0. The first-order chi connectivity index (χ1) is 11.8. The summed E-state index contributed by atoms with van der Waals surface area (Å²) in [6, 6.07) is 10.6. The summed E-state index contributed by atoms with van der Waals surface area (Å²) in [5, 5.41) is 6.62. The highest BCUT2D eigenvalue weighted by Crippen LogP contribution is 2.38. The van der Waals surface area contributed by atoms with E-state index in [1.54, 1.807) is 11.3 Å². The lowest BCUT2D eigenvalue weighted by Gasteiger charge is -2.07. The van der Waals surface area contributed by atoms with E-state index in [0.29, 0.717) is 5.92 Å². The van der Waals surface area contributed by atoms with Gasteiger partial charge < -0.3 is 5.32 Å². The fourth-order valence-corrected chi connectivity index (χ4v) is 3.31. The topological polar surface area (TPSA) is 50.7 Å². The molecule has 0 aliphatic heterocycles. The monoisotopic (exact) mass is 336 g/mol. The predicted octanol–water partition coefficient (Wildman–Crippen LogP) is 4.44. The molecular weight excluding hydrogens is 316 g/mol. The maximum atomic E-state index is 4.59. The van der Waals surface area contributed by atoms with Crippen molar-refractivity contribution in [2.75, 3.05) is 11.9 Å². The fourth-order valence-electron chi connectivity index (χ4n) is 2.68. The summed E-state index contributed by atoms with van der Waals surface area (Å²) in [6.45, 7) is 2.91. The third-order valence-corrected chi connectivity index (χ3v) is 4.98. The molecule has 1 fully saturated rings. The molecule has 0 amide bonds. The number of anilines is 1. The van der Waals surface area contributed by atoms with Gasteiger partial charge in [0.1, 0.15) is 11.6 Å². The van der Waals surface area contributed by atoms with Crippen LogP contribution in [-0.2, 0) is 6.42 Å². The SMILES string of the molecule is Cc1nc(-c2ccc(CCNc3ccnc(C4CC4)n3)cc2)cs1. The van der Waals surface area contributed by atoms with E-state index in [1.165, 1.54) is 24.0 Å². The maximum absolute atomic E-state index is 4.59. The highest BCUT2D eigenvalue weighted by Gasteiger charge is 2.26. The average Bonchev–Trinajstić information content (AvgIpc) is 3.37. The number of aryl methyl sites for hydroxylation is 1. The molecule has 0 unspecified atom stereocenters. The number of rotatable bonds is 6. The van der Waals surface area contributed by atoms with Crippen molar-refractivity contribution in [3.8, 4) is 11.3 Å². The molecule has 0 spiro atoms. The zero-order valence-electron chi connectivity index (χ0n) is 13.7. The number of benzene rings is 1. The molecule has 2 heterocycles. The molecule has 0 atom stereocenters. The Bertz CT molecular complexity index is 821. The fraction of sp³-hybridized carbons (Fsp3) is 0.316. The molecule has 4 rings (SSSR count). The predicted molar refractivity (Wildman–Crippen MR) is 98.5 cm³/mol. The van der Waals surface area contributed by atoms with E-state index in [-0.39, 0.29) is 0 Å². The van der Waals surface area contributed by atoms with Crippen LogP contribution in [0.3, 0.4) is 0 Å². The summed E-state index contributed by atoms with van der Waals surface area (Å²) in [5.41, 5.74) is 3.56. The Morgan fingerprint density at radius 3 is 2.67 bits per heavy atom. The highest BCUT2D eigenvalue weighted by atomic mass is 32.1. The summed E-state index contributed by atoms with van der Waals surface area (Å²) in [5.74, 6) is 2.51. The summed E-state index contributed by atoms with van der Waals surface area (Å²) >= 11 is 1.69. The van der Waals surface area contributed by atoms with Gasteiger partial charge in [-0.1, -0.05) is 24.3 Å². The van der Waals surface area contributed by atoms with Crippen LogP contribution in [0.2, 0.25) is 0 Å². The molecule has 2 aromatic heterocycles. The van der Waals surface area contributed by atoms with E-state index in [0.717, 1.165) is 35.3 Å². The Hall–Kier alpha value is -2.27. The van der Waals surface area contributed by atoms with Gasteiger partial charge in [-0.05, 0) is 37.8 Å². The van der Waals surface area contributed by atoms with Crippen LogP contribution in [0.15, 0.2) is 41.9 Å². The van der Waals surface area contributed by atoms with Crippen molar-refractivity contribution < 1.29 is 0 Å². The van der Waals surface area contributed by atoms with Crippen molar-refractivity contribution in [3.05, 3.63) is 58.3 Å². The molecule has 1 N–H and O–H groups in total. The molecule has 1 aromatic carbocycles. The quantitative estimate of drug-likeness (QED) is 0.723. The average molecular weight is 336 g/mol. The second-order valence-corrected chi connectivity index (χ2v) is 7.26. The van der Waals surface area contributed by atoms with Gasteiger partial charge in [0.05, 0.1) is 10.7 Å². The second-order valence-electron chi connectivity index (χ2n) is 6.20. The Labute approximate surface area is 146 Å². The van der Waals surface area contributed by atoms with Crippen LogP contribution >= 0.6 is 11.3 Å². The smallest absolute Gasteiger partial charge is 0.133 e. The van der Waals surface area contributed by atoms with Gasteiger partial charge in [0.2, 0.25) is 0 Å². The summed E-state index contributed by atoms with van der Waals surface area (Å²) in [6.07, 6.45) is 5.29. The molecule has 1 aliphatic carbocycles. The van der Waals surface area contributed by atoms with Crippen LogP contribution in [0, 0.1) is 6.92 Å². The van der Waals surface area contributed by atoms with Crippen LogP contribution in [-0.4, -0.2) is 21.5 Å². The number of nitrogens with zero attached hydrogens (tertiary/aromatic N) is 3. The van der Waals surface area contributed by atoms with Crippen molar-refractivity contribution in [2.24, 2.45) is 0 Å². The Balaban J connectivity index is 1.33. The molecular formula is C19H20N4S. The second kappa shape index (κ2) is 6.69. The van der Waals surface area contributed by atoms with E-state index in [4.69, 9.17) is 0 Å². The zero-order chi connectivity index (χ0) is 16.4. The lowest BCUT2D eigenvalue weighted by molar-refractivity contribution is 0.915. The summed E-state index contributed by atoms with van der Waals surface area (Å²) in [7, 11) is 0. The molecule has 0 bridgehead atoms. The number of thiazole rings is 1. The Morgan fingerprint density at radius 2 is 1.96 bits per heavy atom. The zero-order valence-corrected chi connectivity index (χ0v) is 14.5. The first kappa shape index (κ1) is 15.3. The number of aromatic nitrogens is 3. The maximum Gasteiger partial charge on any atom is 0.133 e. The van der Waals surface area contributed by atoms with Crippen molar-refractivity contribution >= 4 is 17.2 Å². The van der Waals surface area contributed by atoms with Crippen molar-refractivity contribution in [1.29, 1.82) is 0 Å². The molecule has 122 valence electrons. The third-order valence-electron chi connectivity index (χ3n) is 4.21. The van der Waals surface area contributed by atoms with E-state index in [9.17, 15) is 0 Å². The first-order valence-electron chi connectivity index (χ1n) is 8.36. The minimum Gasteiger partial charge on any atom is -0.370 e. The van der Waals surface area contributed by atoms with Gasteiger partial charge >= 0.3 is 0 Å². The van der Waals surface area contributed by atoms with Crippen LogP contribution in [0.1, 0.15) is 35.2 Å². The number of hydrogen-bond acceptors (Lipinski definition) is 5. The molecule has 0 saturated heterocycles. The van der Waals surface area contributed by atoms with Gasteiger partial charge in [0.15, 0.2) is 0 Å². The van der Waals surface area contributed by atoms with Crippen LogP contribution in [0.5, 0.6) is 0 Å². The standard InChI is InChI=1S/C19H20N4S/c1-13-22-17(12-24-13)15-4-2-14(3-5-15)8-10-20-18-9-11-21-19(23-18)16-6-7-16/h2-5,9,11-12,16H,6-8,10H2,1H3,(H,20,21,23). The van der Waals surface area contributed by atoms with Crippen LogP contribution in [0.25, 0.3) is 11.3 Å². The van der Waals surface area contributed by atoms with E-state index < -0.39 is 0 Å². The Morgan fingerprint density at radius 1 is 1.12 bits per heavy atom. The largest absolute Gasteiger partial charge is 0.370 e. The van der Waals surface area contributed by atoms with Gasteiger partial charge in [-0.2, -0.15) is 0 Å². The summed E-state index contributed by atoms with van der Waals surface area (Å²) in [4.78, 5) is 13.5. The minimum atomic E-state index is 0.591. The third kappa shape index (κ3) is 3.62. The molecule has 5 heteroatoms. The van der Waals surface area contributed by atoms with Gasteiger partial charge in [0.25, 0.3) is 0 Å². The number of hydrogen-bond donors (Lipinski definition) is 1. The van der Waals surface area contributed by atoms with Gasteiger partial charge in [-0.15, -0.1) is 11.3 Å². The van der Waals surface area contributed by atoms with Gasteiger partial charge in [-0.3, -0.25) is 0 Å². The van der Waals surface area contributed by atoms with Crippen molar-refractivity contribution in [2.45, 2.75) is 32.1 Å². The van der Waals surface area contributed by atoms with Gasteiger partial charge in [0, 0.05) is 29.6 Å². The lowest BCUT2D eigenvalue weighted by atomic mass is 10.1. The van der Waals surface area contributed by atoms with E-state index in [2.05, 4.69) is 49.9 Å². The lowest BCUT2D eigenvalue weighted by Crippen LogP contribution is -2.07. The Kier molecular flexibility index (Phi) is 4.26. The van der Waals surface area contributed by atoms with Crippen molar-refractivity contribution in [3.63, 3.8) is 0 Å².